The molecular weight excluding hydrogens is 321 g/mol. The normalized spacial score (nSPS) is 16.5. The SMILES string of the molecule is O=C(OCc1ccccc1)N1CCC(C(O)c2ccc(F)cc2)CC1. The smallest absolute Gasteiger partial charge is 0.410 e. The minimum atomic E-state index is -0.636. The van der Waals surface area contributed by atoms with E-state index < -0.39 is 6.10 Å². The maximum absolute atomic E-state index is 13.0. The molecule has 4 nitrogen and oxygen atoms in total. The molecule has 5 heteroatoms. The van der Waals surface area contributed by atoms with Crippen LogP contribution in [0.25, 0.3) is 0 Å². The summed E-state index contributed by atoms with van der Waals surface area (Å²) in [6, 6.07) is 15.5. The maximum Gasteiger partial charge on any atom is 0.410 e. The largest absolute Gasteiger partial charge is 0.445 e. The average molecular weight is 343 g/mol. The molecule has 2 aromatic rings. The first-order valence-corrected chi connectivity index (χ1v) is 8.52. The number of likely N-dealkylation sites (tertiary alicyclic amines) is 1. The van der Waals surface area contributed by atoms with Crippen molar-refractivity contribution in [3.63, 3.8) is 0 Å². The van der Waals surface area contributed by atoms with Crippen LogP contribution in [0.1, 0.15) is 30.1 Å². The summed E-state index contributed by atoms with van der Waals surface area (Å²) in [5.41, 5.74) is 1.67. The zero-order valence-corrected chi connectivity index (χ0v) is 14.0. The van der Waals surface area contributed by atoms with Crippen LogP contribution in [0.3, 0.4) is 0 Å². The Morgan fingerprint density at radius 1 is 1.12 bits per heavy atom. The lowest BCUT2D eigenvalue weighted by Crippen LogP contribution is -2.40. The Balaban J connectivity index is 1.47. The van der Waals surface area contributed by atoms with Gasteiger partial charge in [-0.3, -0.25) is 0 Å². The standard InChI is InChI=1S/C20H22FNO3/c21-18-8-6-16(7-9-18)19(23)17-10-12-22(13-11-17)20(24)25-14-15-4-2-1-3-5-15/h1-9,17,19,23H,10-14H2. The molecule has 25 heavy (non-hydrogen) atoms. The van der Waals surface area contributed by atoms with Gasteiger partial charge in [0.1, 0.15) is 12.4 Å². The van der Waals surface area contributed by atoms with Gasteiger partial charge in [-0.15, -0.1) is 0 Å². The number of hydrogen-bond acceptors (Lipinski definition) is 3. The number of aliphatic hydroxyl groups excluding tert-OH is 1. The molecule has 1 saturated heterocycles. The number of amides is 1. The second kappa shape index (κ2) is 8.12. The molecule has 1 fully saturated rings. The predicted molar refractivity (Wildman–Crippen MR) is 92.3 cm³/mol. The van der Waals surface area contributed by atoms with E-state index in [4.69, 9.17) is 4.74 Å². The fourth-order valence-electron chi connectivity index (χ4n) is 3.14. The first-order valence-electron chi connectivity index (χ1n) is 8.52. The molecule has 132 valence electrons. The van der Waals surface area contributed by atoms with Crippen molar-refractivity contribution in [2.75, 3.05) is 13.1 Å². The van der Waals surface area contributed by atoms with Gasteiger partial charge >= 0.3 is 6.09 Å². The number of ether oxygens (including phenoxy) is 1. The molecule has 1 N–H and O–H groups in total. The van der Waals surface area contributed by atoms with E-state index in [2.05, 4.69) is 0 Å². The molecule has 1 aliphatic heterocycles. The van der Waals surface area contributed by atoms with Crippen LogP contribution >= 0.6 is 0 Å². The third kappa shape index (κ3) is 4.57. The predicted octanol–water partition coefficient (Wildman–Crippen LogP) is 3.91. The number of rotatable bonds is 4. The van der Waals surface area contributed by atoms with Crippen LogP contribution in [0.15, 0.2) is 54.6 Å². The van der Waals surface area contributed by atoms with Crippen LogP contribution in [-0.2, 0) is 11.3 Å². The number of benzene rings is 2. The number of halogens is 1. The van der Waals surface area contributed by atoms with Crippen molar-refractivity contribution in [3.05, 3.63) is 71.5 Å². The van der Waals surface area contributed by atoms with Gasteiger partial charge in [0.25, 0.3) is 0 Å². The summed E-state index contributed by atoms with van der Waals surface area (Å²) in [4.78, 5) is 13.8. The van der Waals surface area contributed by atoms with Crippen LogP contribution in [0, 0.1) is 11.7 Å². The van der Waals surface area contributed by atoms with E-state index in [0.29, 0.717) is 31.5 Å². The lowest BCUT2D eigenvalue weighted by Gasteiger charge is -2.33. The number of aliphatic hydroxyl groups is 1. The van der Waals surface area contributed by atoms with Gasteiger partial charge in [-0.05, 0) is 42.0 Å². The molecule has 1 aliphatic rings. The van der Waals surface area contributed by atoms with Crippen molar-refractivity contribution < 1.29 is 19.0 Å². The summed E-state index contributed by atoms with van der Waals surface area (Å²) in [6.07, 6.45) is 0.430. The van der Waals surface area contributed by atoms with E-state index >= 15 is 0 Å². The molecule has 0 aliphatic carbocycles. The number of nitrogens with zero attached hydrogens (tertiary/aromatic N) is 1. The van der Waals surface area contributed by atoms with Crippen LogP contribution in [0.5, 0.6) is 0 Å². The fraction of sp³-hybridized carbons (Fsp3) is 0.350. The number of carbonyl (C=O) groups is 1. The van der Waals surface area contributed by atoms with E-state index in [9.17, 15) is 14.3 Å². The molecule has 0 bridgehead atoms. The molecule has 1 unspecified atom stereocenters. The van der Waals surface area contributed by atoms with Crippen molar-refractivity contribution in [1.29, 1.82) is 0 Å². The minimum absolute atomic E-state index is 0.0589. The molecule has 1 heterocycles. The molecule has 1 amide bonds. The van der Waals surface area contributed by atoms with Gasteiger partial charge in [0, 0.05) is 13.1 Å². The summed E-state index contributed by atoms with van der Waals surface area (Å²) in [7, 11) is 0. The van der Waals surface area contributed by atoms with E-state index in [1.54, 1.807) is 17.0 Å². The van der Waals surface area contributed by atoms with Crippen molar-refractivity contribution in [3.8, 4) is 0 Å². The average Bonchev–Trinajstić information content (AvgIpc) is 2.67. The lowest BCUT2D eigenvalue weighted by atomic mass is 9.87. The summed E-state index contributed by atoms with van der Waals surface area (Å²) < 4.78 is 18.3. The van der Waals surface area contributed by atoms with Crippen LogP contribution in [-0.4, -0.2) is 29.2 Å². The molecule has 0 aromatic heterocycles. The highest BCUT2D eigenvalue weighted by molar-refractivity contribution is 5.67. The molecule has 0 radical (unpaired) electrons. The molecule has 1 atom stereocenters. The molecule has 0 spiro atoms. The summed E-state index contributed by atoms with van der Waals surface area (Å²) >= 11 is 0. The summed E-state index contributed by atoms with van der Waals surface area (Å²) in [5, 5.41) is 10.5. The zero-order chi connectivity index (χ0) is 17.6. The monoisotopic (exact) mass is 343 g/mol. The van der Waals surface area contributed by atoms with Gasteiger partial charge in [-0.25, -0.2) is 9.18 Å². The van der Waals surface area contributed by atoms with Gasteiger partial charge in [-0.2, -0.15) is 0 Å². The first-order chi connectivity index (χ1) is 12.1. The van der Waals surface area contributed by atoms with Crippen molar-refractivity contribution >= 4 is 6.09 Å². The number of piperidine rings is 1. The van der Waals surface area contributed by atoms with E-state index in [-0.39, 0.29) is 24.4 Å². The Morgan fingerprint density at radius 3 is 2.40 bits per heavy atom. The van der Waals surface area contributed by atoms with Crippen molar-refractivity contribution in [1.82, 2.24) is 4.90 Å². The zero-order valence-electron chi connectivity index (χ0n) is 14.0. The fourth-order valence-corrected chi connectivity index (χ4v) is 3.14. The molecule has 3 rings (SSSR count). The third-order valence-corrected chi connectivity index (χ3v) is 4.66. The van der Waals surface area contributed by atoms with Gasteiger partial charge in [0.05, 0.1) is 6.10 Å². The maximum atomic E-state index is 13.0. The molecule has 0 saturated carbocycles. The second-order valence-electron chi connectivity index (χ2n) is 6.36. The topological polar surface area (TPSA) is 49.8 Å². The van der Waals surface area contributed by atoms with Gasteiger partial charge in [0.15, 0.2) is 0 Å². The van der Waals surface area contributed by atoms with Crippen LogP contribution in [0.4, 0.5) is 9.18 Å². The molecule has 2 aromatic carbocycles. The Kier molecular flexibility index (Phi) is 5.66. The highest BCUT2D eigenvalue weighted by Crippen LogP contribution is 2.31. The van der Waals surface area contributed by atoms with Gasteiger partial charge in [-0.1, -0.05) is 42.5 Å². The molecular formula is C20H22FNO3. The Morgan fingerprint density at radius 2 is 1.76 bits per heavy atom. The number of carbonyl (C=O) groups excluding carboxylic acids is 1. The van der Waals surface area contributed by atoms with Crippen LogP contribution in [0.2, 0.25) is 0 Å². The lowest BCUT2D eigenvalue weighted by molar-refractivity contribution is 0.0449. The first kappa shape index (κ1) is 17.4. The highest BCUT2D eigenvalue weighted by Gasteiger charge is 2.28. The van der Waals surface area contributed by atoms with Crippen molar-refractivity contribution in [2.24, 2.45) is 5.92 Å². The van der Waals surface area contributed by atoms with E-state index in [0.717, 1.165) is 5.56 Å². The quantitative estimate of drug-likeness (QED) is 0.916. The summed E-state index contributed by atoms with van der Waals surface area (Å²) in [5.74, 6) is -0.254. The van der Waals surface area contributed by atoms with E-state index in [1.165, 1.54) is 12.1 Å². The Labute approximate surface area is 146 Å². The van der Waals surface area contributed by atoms with Gasteiger partial charge < -0.3 is 14.7 Å². The van der Waals surface area contributed by atoms with E-state index in [1.807, 2.05) is 30.3 Å². The Hall–Kier alpha value is -2.40. The highest BCUT2D eigenvalue weighted by atomic mass is 19.1. The second-order valence-corrected chi connectivity index (χ2v) is 6.36. The minimum Gasteiger partial charge on any atom is -0.445 e. The van der Waals surface area contributed by atoms with Gasteiger partial charge in [0.2, 0.25) is 0 Å². The van der Waals surface area contributed by atoms with Crippen LogP contribution < -0.4 is 0 Å². The third-order valence-electron chi connectivity index (χ3n) is 4.66. The Bertz CT molecular complexity index is 682. The summed E-state index contributed by atoms with van der Waals surface area (Å²) in [6.45, 7) is 1.37. The number of hydrogen-bond donors (Lipinski definition) is 1. The van der Waals surface area contributed by atoms with Crippen molar-refractivity contribution in [2.45, 2.75) is 25.6 Å².